The van der Waals surface area contributed by atoms with Gasteiger partial charge < -0.3 is 28.8 Å². The molecule has 8 rings (SSSR count). The molecule has 8 heteroatoms. The van der Waals surface area contributed by atoms with Crippen LogP contribution >= 0.6 is 0 Å². The van der Waals surface area contributed by atoms with E-state index in [2.05, 4.69) is 48.2 Å². The molecule has 0 amide bonds. The van der Waals surface area contributed by atoms with Gasteiger partial charge in [0.25, 0.3) is 0 Å². The Bertz CT molecular complexity index is 1740. The van der Waals surface area contributed by atoms with Gasteiger partial charge in [-0.2, -0.15) is 0 Å². The van der Waals surface area contributed by atoms with Crippen molar-refractivity contribution >= 4 is 0 Å². The third kappa shape index (κ3) is 5.22. The van der Waals surface area contributed by atoms with Gasteiger partial charge in [-0.25, -0.2) is 0 Å². The SMILES string of the molecule is COc1cc2c3c(c1OC)Oc1c(OC)ccc4c1[C@H](Cc1ccc(cc1)Oc1cc(ccc1O)C[C@H]3N(C)CC2)N(C)CC4. The summed E-state index contributed by atoms with van der Waals surface area (Å²) in [6.45, 7) is 1.81. The van der Waals surface area contributed by atoms with Gasteiger partial charge in [-0.15, -0.1) is 0 Å². The van der Waals surface area contributed by atoms with Crippen molar-refractivity contribution in [2.45, 2.75) is 37.8 Å². The number of hydrogen-bond acceptors (Lipinski definition) is 8. The highest BCUT2D eigenvalue weighted by atomic mass is 16.5. The Hall–Kier alpha value is -4.40. The molecule has 4 aromatic carbocycles. The lowest BCUT2D eigenvalue weighted by atomic mass is 9.86. The minimum atomic E-state index is -0.0421. The maximum absolute atomic E-state index is 10.7. The van der Waals surface area contributed by atoms with Crippen LogP contribution < -0.4 is 23.7 Å². The van der Waals surface area contributed by atoms with Gasteiger partial charge in [-0.3, -0.25) is 9.80 Å². The number of aromatic hydroxyl groups is 1. The molecule has 45 heavy (non-hydrogen) atoms. The van der Waals surface area contributed by atoms with E-state index in [1.807, 2.05) is 30.3 Å². The number of fused-ring (bicyclic) bond motifs is 2. The summed E-state index contributed by atoms with van der Waals surface area (Å²) < 4.78 is 31.4. The molecule has 0 spiro atoms. The second kappa shape index (κ2) is 11.8. The molecule has 0 radical (unpaired) electrons. The van der Waals surface area contributed by atoms with Gasteiger partial charge in [0.1, 0.15) is 5.75 Å². The van der Waals surface area contributed by atoms with Gasteiger partial charge in [-0.1, -0.05) is 24.3 Å². The van der Waals surface area contributed by atoms with Crippen LogP contribution in [0, 0.1) is 0 Å². The Morgan fingerprint density at radius 2 is 1.31 bits per heavy atom. The zero-order valence-corrected chi connectivity index (χ0v) is 26.6. The number of benzene rings is 4. The standard InChI is InChI=1S/C37H40N2O6/c1-38-16-14-24-9-13-30(41-3)35-33(24)27(38)18-22-6-10-26(11-7-22)44-31-20-23(8-12-29(31)40)19-28-34-25(15-17-39(28)2)21-32(42-4)36(43-5)37(34)45-35/h6-13,20-21,27-28,40H,14-19H2,1-5H3/t27-,28+/m0/s1. The zero-order chi connectivity index (χ0) is 31.2. The predicted molar refractivity (Wildman–Crippen MR) is 173 cm³/mol. The number of phenolic OH excluding ortho intramolecular Hbond substituents is 1. The van der Waals surface area contributed by atoms with E-state index in [9.17, 15) is 5.11 Å². The van der Waals surface area contributed by atoms with E-state index in [4.69, 9.17) is 23.7 Å². The Kier molecular flexibility index (Phi) is 7.71. The molecular weight excluding hydrogens is 568 g/mol. The zero-order valence-electron chi connectivity index (χ0n) is 26.6. The maximum Gasteiger partial charge on any atom is 0.204 e. The smallest absolute Gasteiger partial charge is 0.204 e. The number of hydrogen-bond donors (Lipinski definition) is 1. The van der Waals surface area contributed by atoms with Crippen LogP contribution in [0.2, 0.25) is 0 Å². The van der Waals surface area contributed by atoms with Crippen molar-refractivity contribution in [3.05, 3.63) is 94.0 Å². The first-order valence-electron chi connectivity index (χ1n) is 15.5. The topological polar surface area (TPSA) is 72.9 Å². The van der Waals surface area contributed by atoms with Crippen molar-refractivity contribution in [3.63, 3.8) is 0 Å². The molecular formula is C37H40N2O6. The van der Waals surface area contributed by atoms with Crippen molar-refractivity contribution in [2.24, 2.45) is 0 Å². The molecule has 2 atom stereocenters. The van der Waals surface area contributed by atoms with E-state index in [0.29, 0.717) is 46.7 Å². The minimum Gasteiger partial charge on any atom is -0.504 e. The molecule has 0 saturated heterocycles. The molecule has 0 saturated carbocycles. The number of ether oxygens (including phenoxy) is 5. The molecule has 4 heterocycles. The summed E-state index contributed by atoms with van der Waals surface area (Å²) in [6, 6.07) is 20.0. The molecule has 234 valence electrons. The highest BCUT2D eigenvalue weighted by molar-refractivity contribution is 5.65. The van der Waals surface area contributed by atoms with Crippen molar-refractivity contribution in [1.29, 1.82) is 0 Å². The fourth-order valence-electron chi connectivity index (χ4n) is 7.17. The third-order valence-corrected chi connectivity index (χ3v) is 9.66. The van der Waals surface area contributed by atoms with Crippen molar-refractivity contribution in [3.8, 4) is 46.0 Å². The number of rotatable bonds is 3. The summed E-state index contributed by atoms with van der Waals surface area (Å²) in [4.78, 5) is 4.75. The molecule has 4 aliphatic heterocycles. The highest BCUT2D eigenvalue weighted by Gasteiger charge is 2.36. The van der Waals surface area contributed by atoms with E-state index in [-0.39, 0.29) is 17.8 Å². The van der Waals surface area contributed by atoms with Gasteiger partial charge in [0.15, 0.2) is 34.5 Å². The van der Waals surface area contributed by atoms with Crippen LogP contribution in [0.3, 0.4) is 0 Å². The van der Waals surface area contributed by atoms with Crippen LogP contribution in [0.1, 0.15) is 45.5 Å². The van der Waals surface area contributed by atoms with Crippen LogP contribution in [-0.4, -0.2) is 63.4 Å². The summed E-state index contributed by atoms with van der Waals surface area (Å²) in [6.07, 6.45) is 3.19. The normalized spacial score (nSPS) is 19.4. The van der Waals surface area contributed by atoms with Gasteiger partial charge in [0.2, 0.25) is 5.75 Å². The van der Waals surface area contributed by atoms with Crippen molar-refractivity contribution in [1.82, 2.24) is 9.80 Å². The Balaban J connectivity index is 1.51. The van der Waals surface area contributed by atoms with Crippen LogP contribution in [0.15, 0.2) is 60.7 Å². The van der Waals surface area contributed by atoms with Gasteiger partial charge in [0.05, 0.1) is 21.3 Å². The van der Waals surface area contributed by atoms with Crippen molar-refractivity contribution in [2.75, 3.05) is 48.5 Å². The average molecular weight is 609 g/mol. The van der Waals surface area contributed by atoms with Crippen LogP contribution in [0.5, 0.6) is 46.0 Å². The monoisotopic (exact) mass is 608 g/mol. The first-order valence-corrected chi connectivity index (χ1v) is 15.5. The molecule has 8 nitrogen and oxygen atoms in total. The van der Waals surface area contributed by atoms with E-state index in [0.717, 1.165) is 54.6 Å². The van der Waals surface area contributed by atoms with E-state index in [1.165, 1.54) is 11.1 Å². The number of likely N-dealkylation sites (N-methyl/N-ethyl adjacent to an activating group) is 2. The molecule has 0 aliphatic carbocycles. The lowest BCUT2D eigenvalue weighted by Crippen LogP contribution is -2.34. The quantitative estimate of drug-likeness (QED) is 0.271. The first-order chi connectivity index (χ1) is 21.9. The third-order valence-electron chi connectivity index (χ3n) is 9.66. The van der Waals surface area contributed by atoms with Crippen LogP contribution in [-0.2, 0) is 25.7 Å². The molecule has 0 unspecified atom stereocenters. The Morgan fingerprint density at radius 1 is 0.667 bits per heavy atom. The summed E-state index contributed by atoms with van der Waals surface area (Å²) >= 11 is 0. The second-order valence-electron chi connectivity index (χ2n) is 12.2. The Morgan fingerprint density at radius 3 is 2.00 bits per heavy atom. The van der Waals surface area contributed by atoms with Crippen LogP contribution in [0.25, 0.3) is 0 Å². The summed E-state index contributed by atoms with van der Waals surface area (Å²) in [5, 5.41) is 10.7. The first kappa shape index (κ1) is 29.3. The lowest BCUT2D eigenvalue weighted by Gasteiger charge is -2.38. The maximum atomic E-state index is 10.7. The number of methoxy groups -OCH3 is 3. The molecule has 4 bridgehead atoms. The molecule has 4 aromatic rings. The molecule has 0 fully saturated rings. The largest absolute Gasteiger partial charge is 0.504 e. The van der Waals surface area contributed by atoms with Crippen LogP contribution in [0.4, 0.5) is 0 Å². The fraction of sp³-hybridized carbons (Fsp3) is 0.351. The Labute approximate surface area is 264 Å². The predicted octanol–water partition coefficient (Wildman–Crippen LogP) is 6.86. The molecule has 4 aliphatic rings. The highest BCUT2D eigenvalue weighted by Crippen LogP contribution is 2.53. The molecule has 0 aromatic heterocycles. The van der Waals surface area contributed by atoms with E-state index >= 15 is 0 Å². The fourth-order valence-corrected chi connectivity index (χ4v) is 7.17. The number of nitrogens with zero attached hydrogens (tertiary/aromatic N) is 2. The summed E-state index contributed by atoms with van der Waals surface area (Å²) in [5.41, 5.74) is 6.81. The minimum absolute atomic E-state index is 0.0421. The number of phenols is 1. The van der Waals surface area contributed by atoms with E-state index < -0.39 is 0 Å². The lowest BCUT2D eigenvalue weighted by molar-refractivity contribution is 0.214. The second-order valence-corrected chi connectivity index (χ2v) is 12.2. The van der Waals surface area contributed by atoms with Crippen molar-refractivity contribution < 1.29 is 28.8 Å². The summed E-state index contributed by atoms with van der Waals surface area (Å²) in [5.74, 6) is 4.44. The van der Waals surface area contributed by atoms with Gasteiger partial charge in [-0.05, 0) is 98.4 Å². The average Bonchev–Trinajstić information content (AvgIpc) is 3.05. The van der Waals surface area contributed by atoms with Gasteiger partial charge in [0, 0.05) is 36.3 Å². The van der Waals surface area contributed by atoms with E-state index in [1.54, 1.807) is 27.4 Å². The summed E-state index contributed by atoms with van der Waals surface area (Å²) in [7, 11) is 9.34. The molecule has 1 N–H and O–H groups in total. The van der Waals surface area contributed by atoms with Gasteiger partial charge >= 0.3 is 0 Å².